The maximum absolute atomic E-state index is 13.2. The molecular formula is C20H25FN6O2. The second kappa shape index (κ2) is 7.64. The van der Waals surface area contributed by atoms with Crippen LogP contribution < -0.4 is 10.9 Å². The Labute approximate surface area is 168 Å². The molecule has 0 bridgehead atoms. The summed E-state index contributed by atoms with van der Waals surface area (Å²) >= 11 is 0. The van der Waals surface area contributed by atoms with Gasteiger partial charge >= 0.3 is 0 Å². The third-order valence-electron chi connectivity index (χ3n) is 6.01. The molecule has 4 heterocycles. The average molecular weight is 400 g/mol. The SMILES string of the molecule is O=C(CCC1=NNC2C3CC(c4ccc(F)cc4)NN3C=CN12)N1CCOCC1. The van der Waals surface area contributed by atoms with Crippen molar-refractivity contribution in [1.29, 1.82) is 0 Å². The van der Waals surface area contributed by atoms with Crippen molar-refractivity contribution in [3.63, 3.8) is 0 Å². The van der Waals surface area contributed by atoms with E-state index in [0.29, 0.717) is 39.1 Å². The highest BCUT2D eigenvalue weighted by Crippen LogP contribution is 2.34. The zero-order chi connectivity index (χ0) is 19.8. The lowest BCUT2D eigenvalue weighted by atomic mass is 9.99. The quantitative estimate of drug-likeness (QED) is 0.789. The number of fused-ring (bicyclic) bond motifs is 3. The Morgan fingerprint density at radius 1 is 1.21 bits per heavy atom. The number of nitrogens with one attached hydrogen (secondary N) is 2. The maximum Gasteiger partial charge on any atom is 0.223 e. The van der Waals surface area contributed by atoms with E-state index in [1.165, 1.54) is 12.1 Å². The number of hydrazone groups is 1. The van der Waals surface area contributed by atoms with E-state index in [0.717, 1.165) is 17.8 Å². The van der Waals surface area contributed by atoms with E-state index >= 15 is 0 Å². The van der Waals surface area contributed by atoms with Gasteiger partial charge < -0.3 is 19.5 Å². The fourth-order valence-corrected chi connectivity index (χ4v) is 4.41. The molecule has 0 aromatic heterocycles. The van der Waals surface area contributed by atoms with Crippen LogP contribution in [0.15, 0.2) is 41.8 Å². The molecule has 3 atom stereocenters. The van der Waals surface area contributed by atoms with E-state index in [1.807, 2.05) is 29.4 Å². The lowest BCUT2D eigenvalue weighted by molar-refractivity contribution is -0.135. The molecule has 0 radical (unpaired) electrons. The van der Waals surface area contributed by atoms with Crippen molar-refractivity contribution in [2.75, 3.05) is 26.3 Å². The number of carbonyl (C=O) groups excluding carboxylic acids is 1. The van der Waals surface area contributed by atoms with Gasteiger partial charge in [-0.15, -0.1) is 0 Å². The number of nitrogens with zero attached hydrogens (tertiary/aromatic N) is 4. The Hall–Kier alpha value is -2.65. The molecule has 1 aromatic carbocycles. The molecule has 2 saturated heterocycles. The Balaban J connectivity index is 1.20. The summed E-state index contributed by atoms with van der Waals surface area (Å²) in [4.78, 5) is 16.4. The standard InChI is InChI=1S/C20H25FN6O2/c21-15-3-1-14(2-4-15)16-13-17-20-23-22-18(26(20)7-8-27(17)24-16)5-6-19(28)25-9-11-29-12-10-25/h1-4,7-8,16-17,20,23-24H,5-6,9-13H2. The predicted octanol–water partition coefficient (Wildman–Crippen LogP) is 1.11. The lowest BCUT2D eigenvalue weighted by Crippen LogP contribution is -2.54. The van der Waals surface area contributed by atoms with Crippen molar-refractivity contribution in [3.8, 4) is 0 Å². The number of morpholine rings is 1. The first-order valence-corrected chi connectivity index (χ1v) is 10.1. The minimum absolute atomic E-state index is 0.0198. The molecule has 5 rings (SSSR count). The summed E-state index contributed by atoms with van der Waals surface area (Å²) in [6.07, 6.45) is 5.95. The largest absolute Gasteiger partial charge is 0.378 e. The monoisotopic (exact) mass is 400 g/mol. The summed E-state index contributed by atoms with van der Waals surface area (Å²) in [6, 6.07) is 6.96. The Morgan fingerprint density at radius 2 is 2.00 bits per heavy atom. The molecule has 1 aromatic rings. The zero-order valence-corrected chi connectivity index (χ0v) is 16.1. The van der Waals surface area contributed by atoms with Crippen LogP contribution in [0.3, 0.4) is 0 Å². The molecule has 154 valence electrons. The minimum Gasteiger partial charge on any atom is -0.378 e. The molecule has 4 aliphatic heterocycles. The molecule has 2 N–H and O–H groups in total. The van der Waals surface area contributed by atoms with Gasteiger partial charge in [0.25, 0.3) is 0 Å². The van der Waals surface area contributed by atoms with Crippen molar-refractivity contribution in [1.82, 2.24) is 25.7 Å². The second-order valence-corrected chi connectivity index (χ2v) is 7.74. The first-order valence-electron chi connectivity index (χ1n) is 10.1. The molecule has 0 spiro atoms. The number of rotatable bonds is 4. The minimum atomic E-state index is -0.224. The third-order valence-corrected chi connectivity index (χ3v) is 6.01. The van der Waals surface area contributed by atoms with Gasteiger partial charge in [-0.25, -0.2) is 9.82 Å². The van der Waals surface area contributed by atoms with Crippen molar-refractivity contribution >= 4 is 11.7 Å². The Morgan fingerprint density at radius 3 is 2.79 bits per heavy atom. The van der Waals surface area contributed by atoms with Crippen molar-refractivity contribution in [3.05, 3.63) is 48.0 Å². The van der Waals surface area contributed by atoms with Gasteiger partial charge in [-0.3, -0.25) is 10.2 Å². The van der Waals surface area contributed by atoms with Gasteiger partial charge in [-0.05, 0) is 24.1 Å². The fraction of sp³-hybridized carbons (Fsp3) is 0.500. The molecule has 1 amide bonds. The molecular weight excluding hydrogens is 375 g/mol. The molecule has 9 heteroatoms. The van der Waals surface area contributed by atoms with Crippen LogP contribution >= 0.6 is 0 Å². The summed E-state index contributed by atoms with van der Waals surface area (Å²) in [5, 5.41) is 6.61. The maximum atomic E-state index is 13.2. The summed E-state index contributed by atoms with van der Waals surface area (Å²) < 4.78 is 18.5. The number of carbonyl (C=O) groups is 1. The normalized spacial score (nSPS) is 28.1. The van der Waals surface area contributed by atoms with Crippen molar-refractivity contribution in [2.24, 2.45) is 5.10 Å². The third kappa shape index (κ3) is 3.56. The number of ether oxygens (including phenoxy) is 1. The number of hydrazine groups is 1. The van der Waals surface area contributed by atoms with Crippen LogP contribution in [-0.4, -0.2) is 65.1 Å². The van der Waals surface area contributed by atoms with E-state index in [9.17, 15) is 9.18 Å². The Bertz CT molecular complexity index is 823. The van der Waals surface area contributed by atoms with Crippen LogP contribution in [0.2, 0.25) is 0 Å². The molecule has 0 saturated carbocycles. The highest BCUT2D eigenvalue weighted by atomic mass is 19.1. The van der Waals surface area contributed by atoms with E-state index in [1.54, 1.807) is 0 Å². The number of halogens is 1. The van der Waals surface area contributed by atoms with E-state index in [-0.39, 0.29) is 30.0 Å². The summed E-state index contributed by atoms with van der Waals surface area (Å²) in [7, 11) is 0. The average Bonchev–Trinajstić information content (AvgIpc) is 3.37. The van der Waals surface area contributed by atoms with Gasteiger partial charge in [-0.1, -0.05) is 12.1 Å². The first kappa shape index (κ1) is 18.4. The van der Waals surface area contributed by atoms with Crippen LogP contribution in [0.5, 0.6) is 0 Å². The van der Waals surface area contributed by atoms with Crippen LogP contribution in [0.25, 0.3) is 0 Å². The summed E-state index contributed by atoms with van der Waals surface area (Å²) in [6.45, 7) is 2.57. The van der Waals surface area contributed by atoms with Gasteiger partial charge in [0.1, 0.15) is 17.8 Å². The zero-order valence-electron chi connectivity index (χ0n) is 16.1. The van der Waals surface area contributed by atoms with Gasteiger partial charge in [0.2, 0.25) is 5.91 Å². The number of hydrogen-bond acceptors (Lipinski definition) is 7. The van der Waals surface area contributed by atoms with Crippen LogP contribution in [0, 0.1) is 5.82 Å². The van der Waals surface area contributed by atoms with Crippen molar-refractivity contribution < 1.29 is 13.9 Å². The fourth-order valence-electron chi connectivity index (χ4n) is 4.41. The molecule has 0 aliphatic carbocycles. The van der Waals surface area contributed by atoms with E-state index in [2.05, 4.69) is 25.9 Å². The van der Waals surface area contributed by atoms with Gasteiger partial charge in [0, 0.05) is 38.3 Å². The lowest BCUT2D eigenvalue weighted by Gasteiger charge is -2.37. The highest BCUT2D eigenvalue weighted by Gasteiger charge is 2.44. The van der Waals surface area contributed by atoms with Gasteiger partial charge in [0.05, 0.1) is 25.3 Å². The molecule has 8 nitrogen and oxygen atoms in total. The van der Waals surface area contributed by atoms with Crippen LogP contribution in [0.1, 0.15) is 30.9 Å². The smallest absolute Gasteiger partial charge is 0.223 e. The number of benzene rings is 1. The number of hydrogen-bond donors (Lipinski definition) is 2. The molecule has 29 heavy (non-hydrogen) atoms. The highest BCUT2D eigenvalue weighted by molar-refractivity contribution is 5.89. The molecule has 2 fully saturated rings. The Kier molecular flexibility index (Phi) is 4.84. The summed E-state index contributed by atoms with van der Waals surface area (Å²) in [5.41, 5.74) is 7.79. The summed E-state index contributed by atoms with van der Waals surface area (Å²) in [5.74, 6) is 0.816. The predicted molar refractivity (Wildman–Crippen MR) is 104 cm³/mol. The molecule has 3 unspecified atom stereocenters. The van der Waals surface area contributed by atoms with E-state index in [4.69, 9.17) is 4.74 Å². The van der Waals surface area contributed by atoms with Crippen molar-refractivity contribution in [2.45, 2.75) is 37.5 Å². The van der Waals surface area contributed by atoms with E-state index < -0.39 is 0 Å². The van der Waals surface area contributed by atoms with Gasteiger partial charge in [0.15, 0.2) is 0 Å². The van der Waals surface area contributed by atoms with Crippen LogP contribution in [0.4, 0.5) is 4.39 Å². The van der Waals surface area contributed by atoms with Gasteiger partial charge in [-0.2, -0.15) is 5.10 Å². The number of amides is 1. The topological polar surface area (TPSA) is 72.4 Å². The first-order chi connectivity index (χ1) is 14.2. The van der Waals surface area contributed by atoms with Crippen LogP contribution in [-0.2, 0) is 9.53 Å². The molecule has 4 aliphatic rings. The second-order valence-electron chi connectivity index (χ2n) is 7.74. The number of amidine groups is 1.